The van der Waals surface area contributed by atoms with Gasteiger partial charge in [-0.15, -0.1) is 11.3 Å². The number of ether oxygens (including phenoxy) is 1. The molecule has 0 spiro atoms. The number of hydrogen-bond acceptors (Lipinski definition) is 4. The lowest BCUT2D eigenvalue weighted by Crippen LogP contribution is -2.13. The maximum absolute atomic E-state index is 11.7. The molecule has 1 heterocycles. The van der Waals surface area contributed by atoms with Crippen molar-refractivity contribution in [3.8, 4) is 0 Å². The lowest BCUT2D eigenvalue weighted by atomic mass is 10.2. The molecule has 0 aliphatic heterocycles. The van der Waals surface area contributed by atoms with Crippen molar-refractivity contribution in [2.75, 3.05) is 12.4 Å². The maximum Gasteiger partial charge on any atom is 0.339 e. The van der Waals surface area contributed by atoms with E-state index in [1.807, 2.05) is 25.1 Å². The minimum absolute atomic E-state index is 0.381. The van der Waals surface area contributed by atoms with Crippen LogP contribution in [0.4, 0.5) is 5.69 Å². The highest BCUT2D eigenvalue weighted by Gasteiger charge is 2.13. The van der Waals surface area contributed by atoms with Crippen molar-refractivity contribution >= 4 is 40.2 Å². The van der Waals surface area contributed by atoms with E-state index in [1.165, 1.54) is 12.0 Å². The summed E-state index contributed by atoms with van der Waals surface area (Å²) in [7, 11) is 1.36. The SMILES string of the molecule is COC(=O)c1ccccc1NC(=S)c1ccc(C)s1. The van der Waals surface area contributed by atoms with E-state index < -0.39 is 0 Å². The van der Waals surface area contributed by atoms with E-state index in [0.29, 0.717) is 16.2 Å². The van der Waals surface area contributed by atoms with Crippen LogP contribution < -0.4 is 5.32 Å². The molecule has 5 heteroatoms. The Kier molecular flexibility index (Phi) is 4.29. The molecule has 0 unspecified atom stereocenters. The molecular weight excluding hydrogens is 278 g/mol. The second kappa shape index (κ2) is 5.95. The quantitative estimate of drug-likeness (QED) is 0.692. The molecule has 1 aromatic carbocycles. The van der Waals surface area contributed by atoms with E-state index in [1.54, 1.807) is 29.5 Å². The Morgan fingerprint density at radius 1 is 1.26 bits per heavy atom. The van der Waals surface area contributed by atoms with Gasteiger partial charge in [-0.2, -0.15) is 0 Å². The molecule has 0 radical (unpaired) electrons. The van der Waals surface area contributed by atoms with E-state index in [2.05, 4.69) is 5.32 Å². The average Bonchev–Trinajstić information content (AvgIpc) is 2.85. The van der Waals surface area contributed by atoms with Gasteiger partial charge in [0.15, 0.2) is 0 Å². The third kappa shape index (κ3) is 3.19. The zero-order chi connectivity index (χ0) is 13.8. The fraction of sp³-hybridized carbons (Fsp3) is 0.143. The van der Waals surface area contributed by atoms with Crippen molar-refractivity contribution in [3.05, 3.63) is 51.7 Å². The summed E-state index contributed by atoms with van der Waals surface area (Å²) in [4.78, 5) is 14.4. The molecule has 0 aliphatic rings. The molecule has 0 saturated carbocycles. The Hall–Kier alpha value is -1.72. The summed E-state index contributed by atoms with van der Waals surface area (Å²) in [6.45, 7) is 2.03. The number of thiocarbonyl (C=S) groups is 1. The van der Waals surface area contributed by atoms with Gasteiger partial charge in [-0.1, -0.05) is 24.4 Å². The molecule has 0 bridgehead atoms. The summed E-state index contributed by atoms with van der Waals surface area (Å²) >= 11 is 6.96. The van der Waals surface area contributed by atoms with Crippen LogP contribution in [0.3, 0.4) is 0 Å². The van der Waals surface area contributed by atoms with Crippen LogP contribution in [0.5, 0.6) is 0 Å². The molecule has 0 saturated heterocycles. The van der Waals surface area contributed by atoms with Crippen molar-refractivity contribution in [1.82, 2.24) is 0 Å². The summed E-state index contributed by atoms with van der Waals surface area (Å²) in [5.41, 5.74) is 1.13. The number of nitrogens with one attached hydrogen (secondary N) is 1. The smallest absolute Gasteiger partial charge is 0.339 e. The normalized spacial score (nSPS) is 10.0. The Bertz CT molecular complexity index is 619. The van der Waals surface area contributed by atoms with Gasteiger partial charge >= 0.3 is 5.97 Å². The van der Waals surface area contributed by atoms with Crippen molar-refractivity contribution < 1.29 is 9.53 Å². The number of aryl methyl sites for hydroxylation is 1. The second-order valence-corrected chi connectivity index (χ2v) is 5.60. The highest BCUT2D eigenvalue weighted by molar-refractivity contribution is 7.81. The molecule has 0 fully saturated rings. The number of anilines is 1. The van der Waals surface area contributed by atoms with Crippen LogP contribution in [0.2, 0.25) is 0 Å². The Morgan fingerprint density at radius 3 is 2.63 bits per heavy atom. The van der Waals surface area contributed by atoms with Gasteiger partial charge in [-0.3, -0.25) is 0 Å². The maximum atomic E-state index is 11.7. The van der Waals surface area contributed by atoms with Gasteiger partial charge in [0.25, 0.3) is 0 Å². The first-order valence-corrected chi connectivity index (χ1v) is 6.89. The number of benzene rings is 1. The predicted octanol–water partition coefficient (Wildman–Crippen LogP) is 3.63. The molecule has 2 aromatic rings. The van der Waals surface area contributed by atoms with Crippen molar-refractivity contribution in [2.24, 2.45) is 0 Å². The number of esters is 1. The van der Waals surface area contributed by atoms with Gasteiger partial charge in [0.1, 0.15) is 4.99 Å². The molecule has 0 atom stereocenters. The largest absolute Gasteiger partial charge is 0.465 e. The Morgan fingerprint density at radius 2 is 2.00 bits per heavy atom. The van der Waals surface area contributed by atoms with Gasteiger partial charge in [-0.05, 0) is 31.2 Å². The van der Waals surface area contributed by atoms with Crippen LogP contribution in [-0.4, -0.2) is 18.1 Å². The number of hydrogen-bond donors (Lipinski definition) is 1. The lowest BCUT2D eigenvalue weighted by Gasteiger charge is -2.10. The topological polar surface area (TPSA) is 38.3 Å². The molecule has 1 N–H and O–H groups in total. The van der Waals surface area contributed by atoms with E-state index >= 15 is 0 Å². The first-order valence-electron chi connectivity index (χ1n) is 5.67. The van der Waals surface area contributed by atoms with Gasteiger partial charge in [0.05, 0.1) is 23.2 Å². The van der Waals surface area contributed by atoms with Gasteiger partial charge < -0.3 is 10.1 Å². The third-order valence-electron chi connectivity index (χ3n) is 2.54. The van der Waals surface area contributed by atoms with Crippen LogP contribution in [-0.2, 0) is 4.74 Å². The fourth-order valence-electron chi connectivity index (χ4n) is 1.62. The predicted molar refractivity (Wildman–Crippen MR) is 82.2 cm³/mol. The molecule has 3 nitrogen and oxygen atoms in total. The fourth-order valence-corrected chi connectivity index (χ4v) is 2.69. The first-order chi connectivity index (χ1) is 9.11. The summed E-state index contributed by atoms with van der Waals surface area (Å²) in [6.07, 6.45) is 0. The van der Waals surface area contributed by atoms with E-state index in [0.717, 1.165) is 4.88 Å². The number of thiophene rings is 1. The molecule has 0 amide bonds. The third-order valence-corrected chi connectivity index (χ3v) is 4.01. The highest BCUT2D eigenvalue weighted by Crippen LogP contribution is 2.20. The number of carbonyl (C=O) groups excluding carboxylic acids is 1. The van der Waals surface area contributed by atoms with Gasteiger partial charge in [0.2, 0.25) is 0 Å². The minimum atomic E-state index is -0.381. The average molecular weight is 291 g/mol. The van der Waals surface area contributed by atoms with Crippen LogP contribution in [0, 0.1) is 6.92 Å². The van der Waals surface area contributed by atoms with Crippen LogP contribution >= 0.6 is 23.6 Å². The molecule has 98 valence electrons. The van der Waals surface area contributed by atoms with Crippen molar-refractivity contribution in [3.63, 3.8) is 0 Å². The van der Waals surface area contributed by atoms with Gasteiger partial charge in [0, 0.05) is 4.88 Å². The van der Waals surface area contributed by atoms with Crippen LogP contribution in [0.1, 0.15) is 20.1 Å². The number of rotatable bonds is 3. The molecule has 19 heavy (non-hydrogen) atoms. The van der Waals surface area contributed by atoms with E-state index in [-0.39, 0.29) is 5.97 Å². The lowest BCUT2D eigenvalue weighted by molar-refractivity contribution is 0.0602. The summed E-state index contributed by atoms with van der Waals surface area (Å²) in [5.74, 6) is -0.381. The van der Waals surface area contributed by atoms with E-state index in [4.69, 9.17) is 17.0 Å². The second-order valence-electron chi connectivity index (χ2n) is 3.90. The molecule has 0 aliphatic carbocycles. The molecule has 1 aromatic heterocycles. The summed E-state index contributed by atoms with van der Waals surface area (Å²) in [5, 5.41) is 3.10. The molecular formula is C14H13NO2S2. The van der Waals surface area contributed by atoms with Crippen LogP contribution in [0.15, 0.2) is 36.4 Å². The monoisotopic (exact) mass is 291 g/mol. The number of carbonyl (C=O) groups is 1. The first kappa shape index (κ1) is 13.7. The number of para-hydroxylation sites is 1. The highest BCUT2D eigenvalue weighted by atomic mass is 32.1. The molecule has 2 rings (SSSR count). The van der Waals surface area contributed by atoms with Crippen molar-refractivity contribution in [2.45, 2.75) is 6.92 Å². The minimum Gasteiger partial charge on any atom is -0.465 e. The summed E-state index contributed by atoms with van der Waals surface area (Å²) in [6, 6.07) is 11.1. The standard InChI is InChI=1S/C14H13NO2S2/c1-9-7-8-12(19-9)13(18)15-11-6-4-3-5-10(11)14(16)17-2/h3-8H,1-2H3,(H,15,18). The van der Waals surface area contributed by atoms with E-state index in [9.17, 15) is 4.79 Å². The zero-order valence-corrected chi connectivity index (χ0v) is 12.2. The Balaban J connectivity index is 2.24. The Labute approximate surface area is 121 Å². The summed E-state index contributed by atoms with van der Waals surface area (Å²) < 4.78 is 4.75. The number of methoxy groups -OCH3 is 1. The zero-order valence-electron chi connectivity index (χ0n) is 10.6. The van der Waals surface area contributed by atoms with Crippen LogP contribution in [0.25, 0.3) is 0 Å². The van der Waals surface area contributed by atoms with Gasteiger partial charge in [-0.25, -0.2) is 4.79 Å². The van der Waals surface area contributed by atoms with Crippen molar-refractivity contribution in [1.29, 1.82) is 0 Å².